The zero-order chi connectivity index (χ0) is 21.4. The normalized spacial score (nSPS) is 16.3. The van der Waals surface area contributed by atoms with Crippen LogP contribution in [0.5, 0.6) is 0 Å². The van der Waals surface area contributed by atoms with E-state index in [0.717, 1.165) is 7.11 Å². The molecule has 0 saturated carbocycles. The molecule has 1 aromatic heterocycles. The Morgan fingerprint density at radius 3 is 2.66 bits per heavy atom. The predicted octanol–water partition coefficient (Wildman–Crippen LogP) is 1.50. The van der Waals surface area contributed by atoms with Crippen LogP contribution in [0, 0.1) is 11.3 Å². The number of nitrogens with two attached hydrogens (primary N) is 1. The molecule has 0 radical (unpaired) electrons. The van der Waals surface area contributed by atoms with Crippen molar-refractivity contribution in [3.8, 4) is 6.07 Å². The van der Waals surface area contributed by atoms with Crippen molar-refractivity contribution in [1.29, 1.82) is 5.26 Å². The topological polar surface area (TPSA) is 124 Å². The van der Waals surface area contributed by atoms with Crippen molar-refractivity contribution in [1.82, 2.24) is 5.32 Å². The maximum absolute atomic E-state index is 13.9. The summed E-state index contributed by atoms with van der Waals surface area (Å²) in [4.78, 5) is 25.8. The first kappa shape index (κ1) is 22.5. The Balaban J connectivity index is 2.73. The number of ether oxygens (including phenoxy) is 3. The van der Waals surface area contributed by atoms with E-state index in [4.69, 9.17) is 19.9 Å². The van der Waals surface area contributed by atoms with Crippen molar-refractivity contribution in [2.24, 2.45) is 5.73 Å². The third-order valence-corrected chi connectivity index (χ3v) is 5.13. The smallest absolute Gasteiger partial charge is 0.336 e. The number of carbonyl (C=O) groups excluding carboxylic acids is 2. The van der Waals surface area contributed by atoms with Gasteiger partial charge in [0.1, 0.15) is 12.7 Å². The third kappa shape index (κ3) is 4.82. The Labute approximate surface area is 171 Å². The van der Waals surface area contributed by atoms with Gasteiger partial charge in [-0.1, -0.05) is 0 Å². The van der Waals surface area contributed by atoms with Gasteiger partial charge >= 0.3 is 11.9 Å². The molecule has 2 rings (SSSR count). The highest BCUT2D eigenvalue weighted by Gasteiger charge is 2.41. The molecule has 1 aliphatic rings. The number of nitrogens with one attached hydrogen (secondary N) is 1. The second-order valence-corrected chi connectivity index (χ2v) is 6.79. The molecule has 29 heavy (non-hydrogen) atoms. The highest BCUT2D eigenvalue weighted by atomic mass is 32.1. The standard InChI is InChI=1S/C19H22FN3O5S/c1-3-28-19(25)15-13(10-27-6-5-21)23-12(8-20)14(18(24)26-2)16(15)17-11(9-22)4-7-29-17/h4,7,16,23H,3,5-6,8,10,21H2,1-2H3. The number of nitrogens with zero attached hydrogens (tertiary/aromatic N) is 1. The van der Waals surface area contributed by atoms with Crippen molar-refractivity contribution >= 4 is 23.3 Å². The monoisotopic (exact) mass is 423 g/mol. The number of alkyl halides is 1. The molecular weight excluding hydrogens is 401 g/mol. The van der Waals surface area contributed by atoms with E-state index in [2.05, 4.69) is 5.32 Å². The number of carbonyl (C=O) groups is 2. The minimum atomic E-state index is -1.03. The predicted molar refractivity (Wildman–Crippen MR) is 103 cm³/mol. The lowest BCUT2D eigenvalue weighted by Crippen LogP contribution is -2.36. The van der Waals surface area contributed by atoms with Crippen LogP contribution >= 0.6 is 11.3 Å². The van der Waals surface area contributed by atoms with Crippen molar-refractivity contribution in [2.75, 3.05) is 40.1 Å². The second-order valence-electron chi connectivity index (χ2n) is 5.84. The van der Waals surface area contributed by atoms with E-state index >= 15 is 0 Å². The molecular formula is C19H22FN3O5S. The Hall–Kier alpha value is -2.74. The third-order valence-electron chi connectivity index (χ3n) is 4.15. The van der Waals surface area contributed by atoms with Gasteiger partial charge in [0.25, 0.3) is 0 Å². The summed E-state index contributed by atoms with van der Waals surface area (Å²) in [5, 5.41) is 13.9. The zero-order valence-corrected chi connectivity index (χ0v) is 16.9. The van der Waals surface area contributed by atoms with E-state index < -0.39 is 24.5 Å². The van der Waals surface area contributed by atoms with Gasteiger partial charge < -0.3 is 25.3 Å². The fourth-order valence-electron chi connectivity index (χ4n) is 2.99. The number of allylic oxidation sites excluding steroid dienone is 1. The molecule has 10 heteroatoms. The summed E-state index contributed by atoms with van der Waals surface area (Å²) in [5.41, 5.74) is 5.89. The van der Waals surface area contributed by atoms with Crippen LogP contribution in [0.25, 0.3) is 0 Å². The van der Waals surface area contributed by atoms with Gasteiger partial charge in [-0.3, -0.25) is 0 Å². The number of nitriles is 1. The molecule has 3 N–H and O–H groups in total. The van der Waals surface area contributed by atoms with Crippen LogP contribution in [-0.4, -0.2) is 52.1 Å². The number of hydrogen-bond acceptors (Lipinski definition) is 9. The highest BCUT2D eigenvalue weighted by molar-refractivity contribution is 7.10. The van der Waals surface area contributed by atoms with Crippen LogP contribution in [0.2, 0.25) is 0 Å². The molecule has 1 atom stereocenters. The Bertz CT molecular complexity index is 871. The van der Waals surface area contributed by atoms with Crippen molar-refractivity contribution in [2.45, 2.75) is 12.8 Å². The molecule has 0 bridgehead atoms. The van der Waals surface area contributed by atoms with Crippen molar-refractivity contribution < 1.29 is 28.2 Å². The van der Waals surface area contributed by atoms with Crippen LogP contribution in [0.1, 0.15) is 23.3 Å². The summed E-state index contributed by atoms with van der Waals surface area (Å²) in [6.07, 6.45) is 0. The van der Waals surface area contributed by atoms with E-state index in [1.807, 2.05) is 6.07 Å². The number of halogens is 1. The number of methoxy groups -OCH3 is 1. The van der Waals surface area contributed by atoms with E-state index in [1.165, 1.54) is 11.3 Å². The van der Waals surface area contributed by atoms with Crippen LogP contribution in [0.15, 0.2) is 34.0 Å². The number of rotatable bonds is 9. The number of thiophene rings is 1. The molecule has 0 amide bonds. The minimum absolute atomic E-state index is 0.0569. The Kier molecular flexibility index (Phi) is 8.33. The molecule has 0 spiro atoms. The number of hydrogen-bond donors (Lipinski definition) is 2. The maximum Gasteiger partial charge on any atom is 0.336 e. The first-order valence-electron chi connectivity index (χ1n) is 8.83. The van der Waals surface area contributed by atoms with E-state index in [-0.39, 0.29) is 54.5 Å². The second kappa shape index (κ2) is 10.7. The molecule has 8 nitrogen and oxygen atoms in total. The van der Waals surface area contributed by atoms with Crippen molar-refractivity contribution in [3.05, 3.63) is 44.4 Å². The lowest BCUT2D eigenvalue weighted by atomic mass is 9.83. The van der Waals surface area contributed by atoms with E-state index in [9.17, 15) is 19.2 Å². The maximum atomic E-state index is 13.9. The molecule has 0 aromatic carbocycles. The zero-order valence-electron chi connectivity index (χ0n) is 16.1. The molecule has 156 valence electrons. The summed E-state index contributed by atoms with van der Waals surface area (Å²) in [6, 6.07) is 3.61. The molecule has 2 heterocycles. The fourth-order valence-corrected chi connectivity index (χ4v) is 3.95. The average molecular weight is 423 g/mol. The lowest BCUT2D eigenvalue weighted by Gasteiger charge is -2.31. The van der Waals surface area contributed by atoms with Crippen LogP contribution in [0.3, 0.4) is 0 Å². The molecule has 0 saturated heterocycles. The summed E-state index contributed by atoms with van der Waals surface area (Å²) >= 11 is 1.18. The van der Waals surface area contributed by atoms with Gasteiger partial charge in [0.15, 0.2) is 0 Å². The first-order valence-corrected chi connectivity index (χ1v) is 9.71. The van der Waals surface area contributed by atoms with E-state index in [1.54, 1.807) is 18.4 Å². The fraction of sp³-hybridized carbons (Fsp3) is 0.421. The summed E-state index contributed by atoms with van der Waals surface area (Å²) in [5.74, 6) is -2.54. The van der Waals surface area contributed by atoms with Gasteiger partial charge in [0, 0.05) is 11.4 Å². The van der Waals surface area contributed by atoms with Crippen LogP contribution in [-0.2, 0) is 23.8 Å². The van der Waals surface area contributed by atoms with Gasteiger partial charge in [-0.2, -0.15) is 5.26 Å². The lowest BCUT2D eigenvalue weighted by molar-refractivity contribution is -0.139. The van der Waals surface area contributed by atoms with Crippen LogP contribution < -0.4 is 11.1 Å². The van der Waals surface area contributed by atoms with Gasteiger partial charge in [-0.05, 0) is 18.4 Å². The van der Waals surface area contributed by atoms with Gasteiger partial charge in [0.2, 0.25) is 0 Å². The average Bonchev–Trinajstić information content (AvgIpc) is 3.20. The molecule has 0 aliphatic carbocycles. The van der Waals surface area contributed by atoms with Crippen LogP contribution in [0.4, 0.5) is 4.39 Å². The molecule has 1 aliphatic heterocycles. The summed E-state index contributed by atoms with van der Waals surface area (Å²) in [7, 11) is 1.16. The largest absolute Gasteiger partial charge is 0.466 e. The Morgan fingerprint density at radius 2 is 2.07 bits per heavy atom. The number of dihydropyridines is 1. The van der Waals surface area contributed by atoms with Crippen molar-refractivity contribution in [3.63, 3.8) is 0 Å². The van der Waals surface area contributed by atoms with E-state index in [0.29, 0.717) is 4.88 Å². The highest BCUT2D eigenvalue weighted by Crippen LogP contribution is 2.42. The van der Waals surface area contributed by atoms with Gasteiger partial charge in [0.05, 0.1) is 61.0 Å². The molecule has 1 unspecified atom stereocenters. The SMILES string of the molecule is CCOC(=O)C1=C(COCCN)NC(CF)=C(C(=O)OC)C1c1sccc1C#N. The van der Waals surface area contributed by atoms with Gasteiger partial charge in [-0.15, -0.1) is 11.3 Å². The molecule has 1 aromatic rings. The molecule has 0 fully saturated rings. The quantitative estimate of drug-likeness (QED) is 0.452. The summed E-state index contributed by atoms with van der Waals surface area (Å²) < 4.78 is 29.3. The van der Waals surface area contributed by atoms with Gasteiger partial charge in [-0.25, -0.2) is 14.0 Å². The Morgan fingerprint density at radius 1 is 1.34 bits per heavy atom. The summed E-state index contributed by atoms with van der Waals surface area (Å²) in [6.45, 7) is 1.12. The minimum Gasteiger partial charge on any atom is -0.466 e. The number of esters is 2. The first-order chi connectivity index (χ1) is 14.0.